The lowest BCUT2D eigenvalue weighted by molar-refractivity contribution is -0.137. The molecule has 11 nitrogen and oxygen atoms in total. The van der Waals surface area contributed by atoms with Crippen LogP contribution in [0.15, 0.2) is 35.1 Å². The molecule has 1 aliphatic heterocycles. The molecular weight excluding hydrogens is 515 g/mol. The van der Waals surface area contributed by atoms with E-state index in [1.807, 2.05) is 0 Å². The Morgan fingerprint density at radius 1 is 1.35 bits per heavy atom. The number of nitrogens with zero attached hydrogens (tertiary/aromatic N) is 4. The quantitative estimate of drug-likeness (QED) is 0.293. The summed E-state index contributed by atoms with van der Waals surface area (Å²) >= 11 is 3.20. The average molecular weight is 537 g/mol. The Bertz CT molecular complexity index is 1140. The first-order chi connectivity index (χ1) is 16.2. The number of anilines is 1. The molecule has 0 radical (unpaired) electrons. The van der Waals surface area contributed by atoms with Crippen molar-refractivity contribution < 1.29 is 28.3 Å². The van der Waals surface area contributed by atoms with Crippen LogP contribution in [0.2, 0.25) is 0 Å². The van der Waals surface area contributed by atoms with Crippen molar-refractivity contribution in [3.8, 4) is 0 Å². The van der Waals surface area contributed by atoms with Crippen LogP contribution in [-0.4, -0.2) is 68.7 Å². The van der Waals surface area contributed by atoms with Crippen molar-refractivity contribution in [3.63, 3.8) is 0 Å². The van der Waals surface area contributed by atoms with Crippen LogP contribution in [0.5, 0.6) is 0 Å². The van der Waals surface area contributed by atoms with Gasteiger partial charge in [0, 0.05) is 24.3 Å². The number of nitrogens with two attached hydrogens (primary N) is 1. The molecule has 3 amide bonds. The first kappa shape index (κ1) is 25.0. The van der Waals surface area contributed by atoms with Crippen molar-refractivity contribution in [2.75, 3.05) is 18.5 Å². The van der Waals surface area contributed by atoms with Crippen LogP contribution >= 0.6 is 15.9 Å². The summed E-state index contributed by atoms with van der Waals surface area (Å²) in [7, 11) is 0. The second kappa shape index (κ2) is 11.0. The zero-order valence-electron chi connectivity index (χ0n) is 18.1. The number of ether oxygens (including phenoxy) is 1. The van der Waals surface area contributed by atoms with Crippen molar-refractivity contribution in [2.24, 2.45) is 5.73 Å². The monoisotopic (exact) mass is 536 g/mol. The average Bonchev–Trinajstić information content (AvgIpc) is 3.36. The van der Waals surface area contributed by atoms with Gasteiger partial charge in [0.2, 0.25) is 11.8 Å². The Hall–Kier alpha value is -3.61. The van der Waals surface area contributed by atoms with Crippen LogP contribution in [0.3, 0.4) is 0 Å². The summed E-state index contributed by atoms with van der Waals surface area (Å²) in [5.41, 5.74) is 5.38. The fourth-order valence-electron chi connectivity index (χ4n) is 3.41. The molecule has 0 bridgehead atoms. The molecule has 0 aliphatic carbocycles. The Kier molecular flexibility index (Phi) is 8.10. The molecule has 0 unspecified atom stereocenters. The van der Waals surface area contributed by atoms with E-state index in [0.717, 1.165) is 15.7 Å². The van der Waals surface area contributed by atoms with Crippen molar-refractivity contribution >= 4 is 51.5 Å². The van der Waals surface area contributed by atoms with Gasteiger partial charge in [0.25, 0.3) is 5.91 Å². The van der Waals surface area contributed by atoms with Gasteiger partial charge in [0.1, 0.15) is 29.2 Å². The fourth-order valence-corrected chi connectivity index (χ4v) is 3.75. The van der Waals surface area contributed by atoms with Gasteiger partial charge in [0.15, 0.2) is 5.69 Å². The Labute approximate surface area is 202 Å². The van der Waals surface area contributed by atoms with Gasteiger partial charge in [-0.05, 0) is 41.1 Å². The van der Waals surface area contributed by atoms with Crippen LogP contribution in [0.4, 0.5) is 10.2 Å². The number of rotatable bonds is 8. The number of carbonyl (C=O) groups excluding carboxylic acids is 4. The maximum absolute atomic E-state index is 14.2. The molecule has 1 aliphatic rings. The summed E-state index contributed by atoms with van der Waals surface area (Å²) in [6, 6.07) is 3.87. The van der Waals surface area contributed by atoms with E-state index in [4.69, 9.17) is 10.5 Å². The lowest BCUT2D eigenvalue weighted by atomic mass is 10.2. The van der Waals surface area contributed by atoms with Gasteiger partial charge in [0.05, 0.1) is 13.2 Å². The van der Waals surface area contributed by atoms with Crippen molar-refractivity contribution in [1.82, 2.24) is 19.7 Å². The lowest BCUT2D eigenvalue weighted by Gasteiger charge is -2.23. The molecule has 3 rings (SSSR count). The van der Waals surface area contributed by atoms with Crippen LogP contribution < -0.4 is 11.1 Å². The minimum Gasteiger partial charge on any atom is -0.463 e. The molecule has 34 heavy (non-hydrogen) atoms. The number of hydrogen-bond acceptors (Lipinski definition) is 7. The first-order valence-corrected chi connectivity index (χ1v) is 11.1. The van der Waals surface area contributed by atoms with Crippen molar-refractivity contribution in [3.05, 3.63) is 46.3 Å². The largest absolute Gasteiger partial charge is 0.463 e. The molecule has 3 N–H and O–H groups in total. The first-order valence-electron chi connectivity index (χ1n) is 10.3. The molecular formula is C21H22BrFN6O5. The second-order valence-electron chi connectivity index (χ2n) is 7.31. The third kappa shape index (κ3) is 6.25. The van der Waals surface area contributed by atoms with E-state index in [0.29, 0.717) is 4.60 Å². The lowest BCUT2D eigenvalue weighted by Crippen LogP contribution is -2.44. The predicted octanol–water partition coefficient (Wildman–Crippen LogP) is 1.29. The van der Waals surface area contributed by atoms with Gasteiger partial charge < -0.3 is 20.7 Å². The summed E-state index contributed by atoms with van der Waals surface area (Å²) in [5.74, 6) is -2.39. The summed E-state index contributed by atoms with van der Waals surface area (Å²) in [5, 5.41) is 6.58. The number of hydrogen-bond donors (Lipinski definition) is 2. The third-order valence-corrected chi connectivity index (χ3v) is 5.29. The van der Waals surface area contributed by atoms with Crippen LogP contribution in [0.25, 0.3) is 6.08 Å². The summed E-state index contributed by atoms with van der Waals surface area (Å²) < 4.78 is 20.6. The van der Waals surface area contributed by atoms with Gasteiger partial charge in [-0.1, -0.05) is 6.07 Å². The smallest absolute Gasteiger partial charge is 0.330 e. The summed E-state index contributed by atoms with van der Waals surface area (Å²) in [6.45, 7) is 1.19. The summed E-state index contributed by atoms with van der Waals surface area (Å²) in [6.07, 6.45) is 2.20. The number of esters is 1. The van der Waals surface area contributed by atoms with Gasteiger partial charge in [-0.15, -0.1) is 0 Å². The molecule has 2 aromatic rings. The molecule has 13 heteroatoms. The highest BCUT2D eigenvalue weighted by atomic mass is 79.9. The molecule has 2 aromatic heterocycles. The van der Waals surface area contributed by atoms with Crippen molar-refractivity contribution in [1.29, 1.82) is 0 Å². The third-order valence-electron chi connectivity index (χ3n) is 4.85. The number of pyridine rings is 1. The van der Waals surface area contributed by atoms with Gasteiger partial charge >= 0.3 is 5.97 Å². The Morgan fingerprint density at radius 2 is 2.12 bits per heavy atom. The van der Waals surface area contributed by atoms with E-state index in [1.54, 1.807) is 25.1 Å². The number of primary amides is 1. The number of likely N-dealkylation sites (tertiary alicyclic amines) is 1. The fraction of sp³-hybridized carbons (Fsp3) is 0.333. The van der Waals surface area contributed by atoms with Crippen LogP contribution in [-0.2, 0) is 25.7 Å². The standard InChI is InChI=1S/C21H22BrFN6O5/c1-2-34-18(31)7-6-12-9-28(27-19(12)20(24)32)11-17(30)29-10-13(23)8-14(29)21(33)26-16-5-3-4-15(22)25-16/h3-7,9,13-14H,2,8,10-11H2,1H3,(H2,24,32)(H,25,26,33)/b7-6+/t13-,14+/m1/s1. The molecule has 0 saturated carbocycles. The topological polar surface area (TPSA) is 150 Å². The highest BCUT2D eigenvalue weighted by Crippen LogP contribution is 2.23. The number of carbonyl (C=O) groups is 4. The summed E-state index contributed by atoms with van der Waals surface area (Å²) in [4.78, 5) is 54.1. The maximum Gasteiger partial charge on any atom is 0.330 e. The van der Waals surface area contributed by atoms with Crippen molar-refractivity contribution in [2.45, 2.75) is 32.1 Å². The van der Waals surface area contributed by atoms with E-state index in [1.165, 1.54) is 12.3 Å². The number of alkyl halides is 1. The van der Waals surface area contributed by atoms with Gasteiger partial charge in [-0.25, -0.2) is 14.2 Å². The second-order valence-corrected chi connectivity index (χ2v) is 8.12. The van der Waals surface area contributed by atoms with Crippen LogP contribution in [0, 0.1) is 0 Å². The van der Waals surface area contributed by atoms with E-state index in [2.05, 4.69) is 31.3 Å². The molecule has 1 saturated heterocycles. The number of amides is 3. The molecule has 0 aromatic carbocycles. The number of aromatic nitrogens is 3. The molecule has 180 valence electrons. The molecule has 2 atom stereocenters. The number of halogens is 2. The highest BCUT2D eigenvalue weighted by molar-refractivity contribution is 9.10. The SMILES string of the molecule is CCOC(=O)/C=C/c1cn(CC(=O)N2C[C@H](F)C[C@H]2C(=O)Nc2cccc(Br)n2)nc1C(N)=O. The maximum atomic E-state index is 14.2. The normalized spacial score (nSPS) is 17.7. The molecule has 1 fully saturated rings. The van der Waals surface area contributed by atoms with Crippen LogP contribution in [0.1, 0.15) is 29.4 Å². The predicted molar refractivity (Wildman–Crippen MR) is 122 cm³/mol. The zero-order chi connectivity index (χ0) is 24.8. The molecule has 3 heterocycles. The van der Waals surface area contributed by atoms with E-state index >= 15 is 0 Å². The minimum atomic E-state index is -1.38. The van der Waals surface area contributed by atoms with Gasteiger partial charge in [-0.2, -0.15) is 5.10 Å². The Morgan fingerprint density at radius 3 is 2.79 bits per heavy atom. The van der Waals surface area contributed by atoms with E-state index in [9.17, 15) is 23.6 Å². The highest BCUT2D eigenvalue weighted by Gasteiger charge is 2.40. The van der Waals surface area contributed by atoms with Gasteiger partial charge in [-0.3, -0.25) is 19.1 Å². The number of nitrogens with one attached hydrogen (secondary N) is 1. The zero-order valence-corrected chi connectivity index (χ0v) is 19.7. The molecule has 0 spiro atoms. The van der Waals surface area contributed by atoms with E-state index < -0.39 is 35.9 Å². The minimum absolute atomic E-state index is 0.159. The Balaban J connectivity index is 1.74. The van der Waals surface area contributed by atoms with E-state index in [-0.39, 0.29) is 43.2 Å².